The van der Waals surface area contributed by atoms with Crippen LogP contribution in [0.5, 0.6) is 0 Å². The number of aryl methyl sites for hydroxylation is 1. The van der Waals surface area contributed by atoms with Gasteiger partial charge in [0.25, 0.3) is 5.56 Å². The van der Waals surface area contributed by atoms with E-state index in [1.165, 1.54) is 5.56 Å². The number of nitrogens with zero attached hydrogens (tertiary/aromatic N) is 3. The highest BCUT2D eigenvalue weighted by Gasteiger charge is 2.34. The highest BCUT2D eigenvalue weighted by molar-refractivity contribution is 5.69. The van der Waals surface area contributed by atoms with Crippen molar-refractivity contribution in [3.8, 4) is 11.4 Å². The summed E-state index contributed by atoms with van der Waals surface area (Å²) in [5, 5.41) is 0. The molecule has 1 atom stereocenters. The summed E-state index contributed by atoms with van der Waals surface area (Å²) in [4.78, 5) is 37.2. The van der Waals surface area contributed by atoms with Crippen LogP contribution in [0.4, 0.5) is 4.79 Å². The van der Waals surface area contributed by atoms with Crippen molar-refractivity contribution in [2.75, 3.05) is 19.6 Å². The van der Waals surface area contributed by atoms with Crippen molar-refractivity contribution in [3.63, 3.8) is 0 Å². The third-order valence-electron chi connectivity index (χ3n) is 5.95. The van der Waals surface area contributed by atoms with Crippen LogP contribution in [0, 0.1) is 6.92 Å². The van der Waals surface area contributed by atoms with Crippen LogP contribution in [0.2, 0.25) is 0 Å². The minimum Gasteiger partial charge on any atom is -0.444 e. The van der Waals surface area contributed by atoms with Crippen LogP contribution >= 0.6 is 0 Å². The first-order valence-electron chi connectivity index (χ1n) is 11.1. The summed E-state index contributed by atoms with van der Waals surface area (Å²) in [5.74, 6) is 0.613. The molecule has 0 bridgehead atoms. The Morgan fingerprint density at radius 3 is 2.68 bits per heavy atom. The van der Waals surface area contributed by atoms with Gasteiger partial charge in [-0.05, 0) is 47.0 Å². The number of amides is 1. The number of rotatable bonds is 3. The number of likely N-dealkylation sites (tertiary alicyclic amines) is 1. The number of carbonyl (C=O) groups excluding carboxylic acids is 1. The monoisotopic (exact) mass is 424 g/mol. The van der Waals surface area contributed by atoms with Gasteiger partial charge in [-0.3, -0.25) is 9.69 Å². The van der Waals surface area contributed by atoms with Gasteiger partial charge in [-0.25, -0.2) is 9.78 Å². The van der Waals surface area contributed by atoms with Gasteiger partial charge in [-0.15, -0.1) is 0 Å². The number of aromatic nitrogens is 2. The minimum atomic E-state index is -0.494. The number of aromatic amines is 1. The molecule has 1 unspecified atom stereocenters. The van der Waals surface area contributed by atoms with Crippen LogP contribution in [0.15, 0.2) is 29.1 Å². The summed E-state index contributed by atoms with van der Waals surface area (Å²) < 4.78 is 5.60. The number of hydrogen-bond acceptors (Lipinski definition) is 5. The Morgan fingerprint density at radius 1 is 1.23 bits per heavy atom. The summed E-state index contributed by atoms with van der Waals surface area (Å²) in [6.07, 6.45) is 2.40. The Balaban J connectivity index is 1.49. The molecule has 0 aliphatic carbocycles. The summed E-state index contributed by atoms with van der Waals surface area (Å²) in [6, 6.07) is 8.14. The van der Waals surface area contributed by atoms with Gasteiger partial charge in [0.2, 0.25) is 0 Å². The lowest BCUT2D eigenvalue weighted by molar-refractivity contribution is 0.0191. The second-order valence-corrected chi connectivity index (χ2v) is 9.66. The van der Waals surface area contributed by atoms with Gasteiger partial charge in [-0.2, -0.15) is 0 Å². The SMILES string of the molecule is Cc1ccc(-c2nc3c(c(=O)[nH]2)CCN(CC2CCCN2C(=O)OC(C)(C)C)C3)cc1. The van der Waals surface area contributed by atoms with Crippen LogP contribution in [0.1, 0.15) is 50.4 Å². The Kier molecular flexibility index (Phi) is 5.88. The number of nitrogens with one attached hydrogen (secondary N) is 1. The van der Waals surface area contributed by atoms with Crippen molar-refractivity contribution in [1.82, 2.24) is 19.8 Å². The molecule has 3 heterocycles. The van der Waals surface area contributed by atoms with Crippen LogP contribution in [0.3, 0.4) is 0 Å². The predicted octanol–water partition coefficient (Wildman–Crippen LogP) is 3.50. The topological polar surface area (TPSA) is 78.5 Å². The van der Waals surface area contributed by atoms with Gasteiger partial charge in [0.1, 0.15) is 11.4 Å². The second kappa shape index (κ2) is 8.46. The molecule has 1 aromatic heterocycles. The van der Waals surface area contributed by atoms with Crippen molar-refractivity contribution in [2.24, 2.45) is 0 Å². The van der Waals surface area contributed by atoms with Crippen molar-refractivity contribution < 1.29 is 9.53 Å². The van der Waals surface area contributed by atoms with Crippen LogP contribution in [-0.4, -0.2) is 57.1 Å². The first-order valence-corrected chi connectivity index (χ1v) is 11.1. The Labute approximate surface area is 183 Å². The summed E-state index contributed by atoms with van der Waals surface area (Å²) >= 11 is 0. The van der Waals surface area contributed by atoms with Crippen LogP contribution < -0.4 is 5.56 Å². The summed E-state index contributed by atoms with van der Waals surface area (Å²) in [6.45, 7) is 10.6. The fourth-order valence-corrected chi connectivity index (χ4v) is 4.38. The molecular weight excluding hydrogens is 392 g/mol. The lowest BCUT2D eigenvalue weighted by Crippen LogP contribution is -2.46. The fraction of sp³-hybridized carbons (Fsp3) is 0.542. The van der Waals surface area contributed by atoms with E-state index in [1.807, 2.05) is 56.9 Å². The zero-order chi connectivity index (χ0) is 22.2. The number of benzene rings is 1. The van der Waals surface area contributed by atoms with Gasteiger partial charge < -0.3 is 14.6 Å². The maximum absolute atomic E-state index is 12.7. The molecule has 1 aromatic carbocycles. The number of hydrogen-bond donors (Lipinski definition) is 1. The van der Waals surface area contributed by atoms with Crippen molar-refractivity contribution in [3.05, 3.63) is 51.4 Å². The van der Waals surface area contributed by atoms with Gasteiger partial charge >= 0.3 is 6.09 Å². The van der Waals surface area contributed by atoms with E-state index in [0.717, 1.165) is 49.3 Å². The van der Waals surface area contributed by atoms with E-state index in [1.54, 1.807) is 0 Å². The molecule has 7 nitrogen and oxygen atoms in total. The Hall–Kier alpha value is -2.67. The molecule has 2 aromatic rings. The smallest absolute Gasteiger partial charge is 0.410 e. The first kappa shape index (κ1) is 21.6. The fourth-order valence-electron chi connectivity index (χ4n) is 4.38. The molecule has 2 aliphatic rings. The van der Waals surface area contributed by atoms with Gasteiger partial charge in [-0.1, -0.05) is 29.8 Å². The van der Waals surface area contributed by atoms with Crippen molar-refractivity contribution >= 4 is 6.09 Å². The van der Waals surface area contributed by atoms with E-state index in [0.29, 0.717) is 18.8 Å². The number of carbonyl (C=O) groups is 1. The van der Waals surface area contributed by atoms with E-state index >= 15 is 0 Å². The predicted molar refractivity (Wildman–Crippen MR) is 120 cm³/mol. The molecular formula is C24H32N4O3. The standard InChI is InChI=1S/C24H32N4O3/c1-16-7-9-17(10-8-16)21-25-20-15-27(13-11-19(20)22(29)26-21)14-18-6-5-12-28(18)23(30)31-24(2,3)4/h7-10,18H,5-6,11-15H2,1-4H3,(H,25,26,29). The third-order valence-corrected chi connectivity index (χ3v) is 5.95. The largest absolute Gasteiger partial charge is 0.444 e. The highest BCUT2D eigenvalue weighted by atomic mass is 16.6. The Bertz CT molecular complexity index is 1010. The second-order valence-electron chi connectivity index (χ2n) is 9.66. The van der Waals surface area contributed by atoms with E-state index in [4.69, 9.17) is 9.72 Å². The van der Waals surface area contributed by atoms with Crippen molar-refractivity contribution in [1.29, 1.82) is 0 Å². The maximum Gasteiger partial charge on any atom is 0.410 e. The quantitative estimate of drug-likeness (QED) is 0.816. The zero-order valence-corrected chi connectivity index (χ0v) is 18.9. The van der Waals surface area contributed by atoms with Crippen molar-refractivity contribution in [2.45, 2.75) is 65.1 Å². The molecule has 1 fully saturated rings. The molecule has 2 aliphatic heterocycles. The van der Waals surface area contributed by atoms with E-state index in [-0.39, 0.29) is 17.7 Å². The Morgan fingerprint density at radius 2 is 1.97 bits per heavy atom. The average molecular weight is 425 g/mol. The van der Waals surface area contributed by atoms with Gasteiger partial charge in [0.15, 0.2) is 0 Å². The van der Waals surface area contributed by atoms with Gasteiger partial charge in [0.05, 0.1) is 5.69 Å². The molecule has 0 saturated carbocycles. The zero-order valence-electron chi connectivity index (χ0n) is 18.9. The average Bonchev–Trinajstić information content (AvgIpc) is 3.15. The van der Waals surface area contributed by atoms with E-state index < -0.39 is 5.60 Å². The lowest BCUT2D eigenvalue weighted by atomic mass is 10.0. The van der Waals surface area contributed by atoms with E-state index in [9.17, 15) is 9.59 Å². The molecule has 1 N–H and O–H groups in total. The first-order chi connectivity index (χ1) is 14.7. The highest BCUT2D eigenvalue weighted by Crippen LogP contribution is 2.24. The molecule has 166 valence electrons. The van der Waals surface area contributed by atoms with Gasteiger partial charge in [0, 0.05) is 43.3 Å². The molecule has 0 spiro atoms. The molecule has 1 saturated heterocycles. The number of fused-ring (bicyclic) bond motifs is 1. The summed E-state index contributed by atoms with van der Waals surface area (Å²) in [7, 11) is 0. The molecule has 31 heavy (non-hydrogen) atoms. The third kappa shape index (κ3) is 4.98. The number of ether oxygens (including phenoxy) is 1. The maximum atomic E-state index is 12.7. The van der Waals surface area contributed by atoms with Crippen LogP contribution in [-0.2, 0) is 17.7 Å². The van der Waals surface area contributed by atoms with Crippen LogP contribution in [0.25, 0.3) is 11.4 Å². The summed E-state index contributed by atoms with van der Waals surface area (Å²) in [5.41, 5.74) is 3.16. The molecule has 7 heteroatoms. The molecule has 4 rings (SSSR count). The van der Waals surface area contributed by atoms with E-state index in [2.05, 4.69) is 9.88 Å². The molecule has 1 amide bonds. The lowest BCUT2D eigenvalue weighted by Gasteiger charge is -2.34. The molecule has 0 radical (unpaired) electrons. The number of H-pyrrole nitrogens is 1. The minimum absolute atomic E-state index is 0.0449. The normalized spacial score (nSPS) is 19.4.